The van der Waals surface area contributed by atoms with Crippen LogP contribution in [0, 0.1) is 0 Å². The first-order valence-corrected chi connectivity index (χ1v) is 16.9. The Morgan fingerprint density at radius 2 is 1.46 bits per heavy atom. The summed E-state index contributed by atoms with van der Waals surface area (Å²) in [4.78, 5) is 15.9. The van der Waals surface area contributed by atoms with Gasteiger partial charge in [-0.2, -0.15) is 0 Å². The molecule has 2 saturated heterocycles. The summed E-state index contributed by atoms with van der Waals surface area (Å²) >= 11 is 7.31. The fourth-order valence-electron chi connectivity index (χ4n) is 7.42. The Balaban J connectivity index is 1.10. The molecule has 3 aromatic carbocycles. The van der Waals surface area contributed by atoms with Gasteiger partial charge < -0.3 is 29.9 Å². The molecule has 3 aromatic heterocycles. The normalized spacial score (nSPS) is 23.4. The number of rotatable bonds is 7. The van der Waals surface area contributed by atoms with Crippen LogP contribution < -0.4 is 15.4 Å². The number of aromatic nitrogens is 5. The van der Waals surface area contributed by atoms with Gasteiger partial charge in [-0.25, -0.2) is 18.7 Å². The number of alkyl halides is 2. The lowest BCUT2D eigenvalue weighted by Gasteiger charge is -2.30. The van der Waals surface area contributed by atoms with E-state index in [1.54, 1.807) is 12.4 Å². The topological polar surface area (TPSA) is 95.6 Å². The predicted octanol–water partition coefficient (Wildman–Crippen LogP) is 8.01. The minimum Gasteiger partial charge on any atom is -0.469 e. The van der Waals surface area contributed by atoms with Gasteiger partial charge in [-0.05, 0) is 36.2 Å². The molecule has 3 aliphatic heterocycles. The lowest BCUT2D eigenvalue weighted by Crippen LogP contribution is -2.22. The van der Waals surface area contributed by atoms with Crippen LogP contribution in [-0.2, 0) is 6.42 Å². The molecule has 8 nitrogen and oxygen atoms in total. The molecule has 9 rings (SSSR count). The van der Waals surface area contributed by atoms with E-state index in [0.29, 0.717) is 31.0 Å². The number of fused-ring (bicyclic) bond motifs is 5. The van der Waals surface area contributed by atoms with Crippen molar-refractivity contribution in [3.63, 3.8) is 0 Å². The molecule has 244 valence electrons. The molecule has 3 unspecified atom stereocenters. The number of imidazole rings is 2. The van der Waals surface area contributed by atoms with Crippen LogP contribution in [0.15, 0.2) is 79.1 Å². The van der Waals surface area contributed by atoms with Crippen molar-refractivity contribution < 1.29 is 13.5 Å². The van der Waals surface area contributed by atoms with Crippen LogP contribution in [0.4, 0.5) is 8.78 Å². The SMILES string of the molecule is FC1CN[C@H](c2ncc(-c3ccc4c(c3)c(Cl)c3n4C(CCc4ccccc4)Oc4cc(-c5cnc(C6C[C@@H](F)CN6)[nH]5)ccc4-3)[nH]2)C1. The van der Waals surface area contributed by atoms with Crippen LogP contribution in [0.5, 0.6) is 5.75 Å². The molecule has 0 bridgehead atoms. The van der Waals surface area contributed by atoms with E-state index in [2.05, 4.69) is 83.7 Å². The van der Waals surface area contributed by atoms with Crippen LogP contribution in [0.2, 0.25) is 5.02 Å². The number of benzene rings is 3. The average Bonchev–Trinajstić information content (AvgIpc) is 3.95. The molecule has 0 spiro atoms. The first-order valence-electron chi connectivity index (χ1n) is 16.5. The quantitative estimate of drug-likeness (QED) is 0.139. The standard InChI is InChI=1S/C37H34ClF2N7O/c38-34-26-12-21(29-18-43-36(45-29)27-14-23(39)16-41-27)8-10-31(26)47-33(11-6-20-4-2-1-3-5-20)48-32-13-22(7-9-25(32)35(34)47)30-19-44-37(46-30)28-15-24(40)17-42-28/h1-5,7-10,12-13,18-19,23-24,27-28,33,41-42H,6,11,14-17H2,(H,43,45)(H,44,46)/t23?,24-,27+,28?,33?/m1/s1. The molecule has 2 fully saturated rings. The Morgan fingerprint density at radius 3 is 2.10 bits per heavy atom. The highest BCUT2D eigenvalue weighted by atomic mass is 35.5. The lowest BCUT2D eigenvalue weighted by atomic mass is 10.0. The molecular weight excluding hydrogens is 632 g/mol. The number of hydrogen-bond acceptors (Lipinski definition) is 5. The molecule has 6 aromatic rings. The summed E-state index contributed by atoms with van der Waals surface area (Å²) in [6, 6.07) is 22.5. The van der Waals surface area contributed by atoms with Gasteiger partial charge in [-0.3, -0.25) is 0 Å². The van der Waals surface area contributed by atoms with E-state index in [0.717, 1.165) is 74.9 Å². The summed E-state index contributed by atoms with van der Waals surface area (Å²) in [6.45, 7) is 0.687. The molecule has 4 N–H and O–H groups in total. The van der Waals surface area contributed by atoms with Crippen molar-refractivity contribution in [2.45, 2.75) is 56.3 Å². The van der Waals surface area contributed by atoms with E-state index >= 15 is 0 Å². The summed E-state index contributed by atoms with van der Waals surface area (Å²) in [6.07, 6.45) is 3.96. The number of aryl methyl sites for hydroxylation is 1. The Kier molecular flexibility index (Phi) is 7.33. The number of aromatic amines is 2. The highest BCUT2D eigenvalue weighted by Crippen LogP contribution is 2.49. The first kappa shape index (κ1) is 29.6. The monoisotopic (exact) mass is 665 g/mol. The number of halogens is 3. The number of ether oxygens (including phenoxy) is 1. The fraction of sp³-hybridized carbons (Fsp3) is 0.297. The molecular formula is C37H34ClF2N7O. The minimum absolute atomic E-state index is 0.123. The van der Waals surface area contributed by atoms with Gasteiger partial charge in [0.05, 0.1) is 52.1 Å². The molecule has 6 heterocycles. The van der Waals surface area contributed by atoms with Gasteiger partial charge in [0.15, 0.2) is 6.23 Å². The molecule has 0 amide bonds. The Hall–Kier alpha value is -4.51. The number of hydrogen-bond donors (Lipinski definition) is 4. The summed E-state index contributed by atoms with van der Waals surface area (Å²) in [5.41, 5.74) is 7.62. The zero-order valence-electron chi connectivity index (χ0n) is 26.0. The smallest absolute Gasteiger partial charge is 0.176 e. The third kappa shape index (κ3) is 5.19. The van der Waals surface area contributed by atoms with E-state index in [-0.39, 0.29) is 18.3 Å². The maximum atomic E-state index is 13.8. The largest absolute Gasteiger partial charge is 0.469 e. The van der Waals surface area contributed by atoms with Crippen molar-refractivity contribution in [3.05, 3.63) is 101 Å². The van der Waals surface area contributed by atoms with Crippen molar-refractivity contribution in [3.8, 4) is 39.5 Å². The van der Waals surface area contributed by atoms with Crippen LogP contribution in [0.25, 0.3) is 44.7 Å². The molecule has 3 aliphatic rings. The molecule has 0 radical (unpaired) electrons. The van der Waals surface area contributed by atoms with Gasteiger partial charge in [-0.15, -0.1) is 0 Å². The van der Waals surface area contributed by atoms with Gasteiger partial charge in [0, 0.05) is 54.4 Å². The van der Waals surface area contributed by atoms with Crippen LogP contribution >= 0.6 is 11.6 Å². The van der Waals surface area contributed by atoms with Gasteiger partial charge in [0.2, 0.25) is 0 Å². The zero-order chi connectivity index (χ0) is 32.4. The van der Waals surface area contributed by atoms with Crippen molar-refractivity contribution in [2.75, 3.05) is 13.1 Å². The number of H-pyrrole nitrogens is 2. The first-order chi connectivity index (χ1) is 23.5. The summed E-state index contributed by atoms with van der Waals surface area (Å²) in [5, 5.41) is 7.97. The molecule has 11 heteroatoms. The molecule has 5 atom stereocenters. The number of nitrogens with one attached hydrogen (secondary N) is 4. The van der Waals surface area contributed by atoms with Crippen LogP contribution in [0.3, 0.4) is 0 Å². The highest BCUT2D eigenvalue weighted by molar-refractivity contribution is 6.38. The van der Waals surface area contributed by atoms with Crippen molar-refractivity contribution >= 4 is 22.5 Å². The third-order valence-electron chi connectivity index (χ3n) is 9.88. The van der Waals surface area contributed by atoms with Crippen molar-refractivity contribution in [2.24, 2.45) is 0 Å². The fourth-order valence-corrected chi connectivity index (χ4v) is 7.76. The molecule has 0 aliphatic carbocycles. The van der Waals surface area contributed by atoms with E-state index < -0.39 is 12.3 Å². The van der Waals surface area contributed by atoms with Gasteiger partial charge >= 0.3 is 0 Å². The average molecular weight is 666 g/mol. The zero-order valence-corrected chi connectivity index (χ0v) is 26.8. The second-order valence-electron chi connectivity index (χ2n) is 13.0. The Bertz CT molecular complexity index is 2120. The van der Waals surface area contributed by atoms with Crippen molar-refractivity contribution in [1.29, 1.82) is 0 Å². The number of nitrogens with zero attached hydrogens (tertiary/aromatic N) is 3. The second-order valence-corrected chi connectivity index (χ2v) is 13.4. The van der Waals surface area contributed by atoms with Crippen molar-refractivity contribution in [1.82, 2.24) is 35.1 Å². The van der Waals surface area contributed by atoms with Gasteiger partial charge in [0.25, 0.3) is 0 Å². The summed E-state index contributed by atoms with van der Waals surface area (Å²) in [7, 11) is 0. The van der Waals surface area contributed by atoms with E-state index in [9.17, 15) is 8.78 Å². The summed E-state index contributed by atoms with van der Waals surface area (Å²) in [5.74, 6) is 2.22. The van der Waals surface area contributed by atoms with Crippen LogP contribution in [0.1, 0.15) is 54.8 Å². The molecule has 0 saturated carbocycles. The van der Waals surface area contributed by atoms with Crippen LogP contribution in [-0.4, -0.2) is 49.9 Å². The molecule has 48 heavy (non-hydrogen) atoms. The maximum Gasteiger partial charge on any atom is 0.176 e. The maximum absolute atomic E-state index is 13.8. The van der Waals surface area contributed by atoms with Gasteiger partial charge in [-0.1, -0.05) is 54.1 Å². The predicted molar refractivity (Wildman–Crippen MR) is 182 cm³/mol. The summed E-state index contributed by atoms with van der Waals surface area (Å²) < 4.78 is 36.7. The second kappa shape index (κ2) is 11.9. The lowest BCUT2D eigenvalue weighted by molar-refractivity contribution is 0.122. The Labute approximate surface area is 280 Å². The minimum atomic E-state index is -0.863. The van der Waals surface area contributed by atoms with E-state index in [1.807, 2.05) is 18.2 Å². The third-order valence-corrected chi connectivity index (χ3v) is 10.3. The van der Waals surface area contributed by atoms with E-state index in [1.165, 1.54) is 5.56 Å². The Morgan fingerprint density at radius 1 is 0.812 bits per heavy atom. The van der Waals surface area contributed by atoms with E-state index in [4.69, 9.17) is 16.3 Å². The van der Waals surface area contributed by atoms with Gasteiger partial charge in [0.1, 0.15) is 29.7 Å². The highest BCUT2D eigenvalue weighted by Gasteiger charge is 2.32.